The van der Waals surface area contributed by atoms with E-state index in [1.165, 1.54) is 12.0 Å². The van der Waals surface area contributed by atoms with E-state index >= 15 is 0 Å². The van der Waals surface area contributed by atoms with Crippen molar-refractivity contribution in [1.29, 1.82) is 0 Å². The van der Waals surface area contributed by atoms with E-state index in [2.05, 4.69) is 0 Å². The first-order valence-electron chi connectivity index (χ1n) is 11.4. The lowest BCUT2D eigenvalue weighted by Gasteiger charge is -2.25. The van der Waals surface area contributed by atoms with Gasteiger partial charge in [-0.2, -0.15) is 0 Å². The summed E-state index contributed by atoms with van der Waals surface area (Å²) in [6.45, 7) is 3.97. The third-order valence-corrected chi connectivity index (χ3v) is 6.80. The third-order valence-electron chi connectivity index (χ3n) is 6.80. The van der Waals surface area contributed by atoms with Gasteiger partial charge in [0.15, 0.2) is 0 Å². The van der Waals surface area contributed by atoms with Crippen molar-refractivity contribution in [2.24, 2.45) is 7.05 Å². The molecular formula is C29H26N2O4. The van der Waals surface area contributed by atoms with Gasteiger partial charge in [0.05, 0.1) is 24.3 Å². The van der Waals surface area contributed by atoms with Crippen LogP contribution in [-0.4, -0.2) is 28.5 Å². The average molecular weight is 467 g/mol. The van der Waals surface area contributed by atoms with Crippen molar-refractivity contribution in [3.05, 3.63) is 101 Å². The van der Waals surface area contributed by atoms with Gasteiger partial charge >= 0.3 is 0 Å². The topological polar surface area (TPSA) is 71.8 Å². The van der Waals surface area contributed by atoms with Crippen LogP contribution < -0.4 is 9.64 Å². The summed E-state index contributed by atoms with van der Waals surface area (Å²) >= 11 is 0. The van der Waals surface area contributed by atoms with Gasteiger partial charge in [-0.25, -0.2) is 0 Å². The first kappa shape index (κ1) is 22.5. The molecule has 1 aliphatic heterocycles. The number of aliphatic hydroxyl groups is 1. The smallest absolute Gasteiger partial charge is 0.300 e. The molecule has 4 aromatic rings. The molecule has 0 aliphatic carbocycles. The van der Waals surface area contributed by atoms with E-state index in [9.17, 15) is 14.7 Å². The summed E-state index contributed by atoms with van der Waals surface area (Å²) in [6, 6.07) is 19.6. The highest BCUT2D eigenvalue weighted by Gasteiger charge is 2.48. The maximum Gasteiger partial charge on any atom is 0.300 e. The van der Waals surface area contributed by atoms with E-state index in [1.54, 1.807) is 24.3 Å². The molecule has 6 nitrogen and oxygen atoms in total. The molecule has 3 aromatic carbocycles. The van der Waals surface area contributed by atoms with Gasteiger partial charge in [0.2, 0.25) is 0 Å². The van der Waals surface area contributed by atoms with E-state index in [0.29, 0.717) is 17.0 Å². The monoisotopic (exact) mass is 466 g/mol. The van der Waals surface area contributed by atoms with Crippen molar-refractivity contribution in [2.75, 3.05) is 12.0 Å². The molecule has 1 fully saturated rings. The lowest BCUT2D eigenvalue weighted by Crippen LogP contribution is -2.29. The summed E-state index contributed by atoms with van der Waals surface area (Å²) in [6.07, 6.45) is 1.92. The van der Waals surface area contributed by atoms with E-state index < -0.39 is 17.7 Å². The Hall–Kier alpha value is -4.32. The normalized spacial score (nSPS) is 17.4. The van der Waals surface area contributed by atoms with E-state index in [1.807, 2.05) is 74.1 Å². The summed E-state index contributed by atoms with van der Waals surface area (Å²) in [5.74, 6) is -1.25. The van der Waals surface area contributed by atoms with Crippen LogP contribution in [0.15, 0.2) is 78.5 Å². The van der Waals surface area contributed by atoms with E-state index in [4.69, 9.17) is 4.74 Å². The van der Waals surface area contributed by atoms with E-state index in [-0.39, 0.29) is 11.3 Å². The molecule has 6 heteroatoms. The number of fused-ring (bicyclic) bond motifs is 1. The average Bonchev–Trinajstić information content (AvgIpc) is 3.34. The first-order chi connectivity index (χ1) is 16.8. The molecule has 1 saturated heterocycles. The molecule has 1 N–H and O–H groups in total. The minimum absolute atomic E-state index is 0.0362. The highest BCUT2D eigenvalue weighted by Crippen LogP contribution is 2.45. The molecule has 1 aromatic heterocycles. The van der Waals surface area contributed by atoms with Crippen LogP contribution in [0.25, 0.3) is 16.7 Å². The number of para-hydroxylation sites is 2. The number of amides is 1. The number of benzene rings is 3. The molecule has 1 atom stereocenters. The van der Waals surface area contributed by atoms with Gasteiger partial charge < -0.3 is 14.4 Å². The highest BCUT2D eigenvalue weighted by atomic mass is 16.5. The van der Waals surface area contributed by atoms with Crippen LogP contribution in [0.2, 0.25) is 0 Å². The Morgan fingerprint density at radius 2 is 1.66 bits per heavy atom. The van der Waals surface area contributed by atoms with Crippen molar-refractivity contribution in [3.63, 3.8) is 0 Å². The quantitative estimate of drug-likeness (QED) is 0.247. The SMILES string of the molecule is COc1ccccc1/C(O)=C1\C(=O)C(=O)N(c2ccc(C)c(C)c2)C1c1cn(C)c2ccccc12. The molecule has 0 spiro atoms. The highest BCUT2D eigenvalue weighted by molar-refractivity contribution is 6.52. The second kappa shape index (κ2) is 8.47. The number of aryl methyl sites for hydroxylation is 3. The van der Waals surface area contributed by atoms with Crippen molar-refractivity contribution in [2.45, 2.75) is 19.9 Å². The Kier molecular flexibility index (Phi) is 5.44. The van der Waals surface area contributed by atoms with Crippen molar-refractivity contribution in [1.82, 2.24) is 4.57 Å². The standard InChI is InChI=1S/C29H26N2O4/c1-17-13-14-19(15-18(17)2)31-26(22-16-30(3)23-11-7-5-9-20(22)23)25(28(33)29(31)34)27(32)21-10-6-8-12-24(21)35-4/h5-16,26,32H,1-4H3/b27-25+. The molecule has 0 radical (unpaired) electrons. The minimum Gasteiger partial charge on any atom is -0.507 e. The fourth-order valence-electron chi connectivity index (χ4n) is 4.84. The van der Waals surface area contributed by atoms with Gasteiger partial charge in [0.25, 0.3) is 11.7 Å². The van der Waals surface area contributed by atoms with Gasteiger partial charge in [-0.3, -0.25) is 14.5 Å². The van der Waals surface area contributed by atoms with Gasteiger partial charge in [0.1, 0.15) is 11.5 Å². The van der Waals surface area contributed by atoms with Crippen LogP contribution >= 0.6 is 0 Å². The Balaban J connectivity index is 1.83. The van der Waals surface area contributed by atoms with Crippen molar-refractivity contribution >= 4 is 34.0 Å². The Morgan fingerprint density at radius 1 is 0.943 bits per heavy atom. The molecule has 1 aliphatic rings. The number of Topliss-reactive ketones (excluding diaryl/α,β-unsaturated/α-hetero) is 1. The predicted molar refractivity (Wildman–Crippen MR) is 137 cm³/mol. The first-order valence-corrected chi connectivity index (χ1v) is 11.4. The number of rotatable bonds is 4. The Morgan fingerprint density at radius 3 is 2.40 bits per heavy atom. The number of ether oxygens (including phenoxy) is 1. The summed E-state index contributed by atoms with van der Waals surface area (Å²) in [5.41, 5.74) is 4.81. The number of ketones is 1. The zero-order valence-corrected chi connectivity index (χ0v) is 20.1. The summed E-state index contributed by atoms with van der Waals surface area (Å²) in [5, 5.41) is 12.4. The number of carbonyl (C=O) groups excluding carboxylic acids is 2. The zero-order chi connectivity index (χ0) is 24.9. The Labute approximate surface area is 203 Å². The van der Waals surface area contributed by atoms with Gasteiger partial charge in [-0.1, -0.05) is 36.4 Å². The largest absolute Gasteiger partial charge is 0.507 e. The van der Waals surface area contributed by atoms with Gasteiger partial charge in [0, 0.05) is 35.4 Å². The zero-order valence-electron chi connectivity index (χ0n) is 20.1. The molecule has 0 saturated carbocycles. The maximum absolute atomic E-state index is 13.5. The van der Waals surface area contributed by atoms with Gasteiger partial charge in [-0.05, 0) is 55.3 Å². The number of carbonyl (C=O) groups is 2. The molecule has 0 bridgehead atoms. The number of hydrogen-bond donors (Lipinski definition) is 1. The lowest BCUT2D eigenvalue weighted by molar-refractivity contribution is -0.132. The number of aliphatic hydroxyl groups excluding tert-OH is 1. The fourth-order valence-corrected chi connectivity index (χ4v) is 4.84. The molecule has 1 amide bonds. The predicted octanol–water partition coefficient (Wildman–Crippen LogP) is 5.43. The number of anilines is 1. The number of nitrogens with zero attached hydrogens (tertiary/aromatic N) is 2. The van der Waals surface area contributed by atoms with E-state index in [0.717, 1.165) is 27.6 Å². The summed E-state index contributed by atoms with van der Waals surface area (Å²) < 4.78 is 7.40. The fraction of sp³-hybridized carbons (Fsp3) is 0.172. The van der Waals surface area contributed by atoms with Crippen molar-refractivity contribution < 1.29 is 19.4 Å². The summed E-state index contributed by atoms with van der Waals surface area (Å²) in [7, 11) is 3.43. The summed E-state index contributed by atoms with van der Waals surface area (Å²) in [4.78, 5) is 28.5. The molecule has 5 rings (SSSR count). The number of methoxy groups -OCH3 is 1. The minimum atomic E-state index is -0.812. The maximum atomic E-state index is 13.5. The Bertz CT molecular complexity index is 1530. The van der Waals surface area contributed by atoms with Crippen LogP contribution in [0.3, 0.4) is 0 Å². The second-order valence-electron chi connectivity index (χ2n) is 8.85. The third kappa shape index (κ3) is 3.49. The second-order valence-corrected chi connectivity index (χ2v) is 8.85. The molecule has 2 heterocycles. The van der Waals surface area contributed by atoms with Gasteiger partial charge in [-0.15, -0.1) is 0 Å². The van der Waals surface area contributed by atoms with Crippen LogP contribution in [0.5, 0.6) is 5.75 Å². The molecular weight excluding hydrogens is 440 g/mol. The van der Waals surface area contributed by atoms with Crippen LogP contribution in [0, 0.1) is 13.8 Å². The van der Waals surface area contributed by atoms with Crippen molar-refractivity contribution in [3.8, 4) is 5.75 Å². The van der Waals surface area contributed by atoms with Crippen LogP contribution in [0.4, 0.5) is 5.69 Å². The lowest BCUT2D eigenvalue weighted by atomic mass is 9.94. The molecule has 35 heavy (non-hydrogen) atoms. The van der Waals surface area contributed by atoms with Crippen LogP contribution in [0.1, 0.15) is 28.3 Å². The molecule has 1 unspecified atom stereocenters. The number of hydrogen-bond acceptors (Lipinski definition) is 4. The van der Waals surface area contributed by atoms with Crippen LogP contribution in [-0.2, 0) is 16.6 Å². The number of aromatic nitrogens is 1. The molecule has 176 valence electrons.